The molecule has 0 amide bonds. The van der Waals surface area contributed by atoms with Gasteiger partial charge in [-0.15, -0.1) is 0 Å². The number of hydrogen-bond donors (Lipinski definition) is 1. The van der Waals surface area contributed by atoms with Crippen LogP contribution in [0.3, 0.4) is 0 Å². The van der Waals surface area contributed by atoms with E-state index in [1.165, 1.54) is 18.9 Å². The summed E-state index contributed by atoms with van der Waals surface area (Å²) in [5.41, 5.74) is 0.937. The number of rotatable bonds is 3. The van der Waals surface area contributed by atoms with Gasteiger partial charge in [-0.25, -0.2) is 4.79 Å². The second-order valence-corrected chi connectivity index (χ2v) is 4.29. The first-order chi connectivity index (χ1) is 6.58. The molecule has 1 fully saturated rings. The summed E-state index contributed by atoms with van der Waals surface area (Å²) >= 11 is 0. The van der Waals surface area contributed by atoms with Gasteiger partial charge in [-0.2, -0.15) is 0 Å². The number of carboxylic acid groups (broad SMARTS) is 1. The van der Waals surface area contributed by atoms with Crippen LogP contribution in [0.5, 0.6) is 0 Å². The van der Waals surface area contributed by atoms with Crippen LogP contribution in [-0.2, 0) is 4.79 Å². The largest absolute Gasteiger partial charge is 0.478 e. The van der Waals surface area contributed by atoms with Gasteiger partial charge in [-0.05, 0) is 38.8 Å². The number of aliphatic carboxylic acids is 1. The molecule has 1 rings (SSSR count). The number of likely N-dealkylation sites (tertiary alicyclic amines) is 1. The maximum Gasteiger partial charge on any atom is 0.328 e. The van der Waals surface area contributed by atoms with Crippen molar-refractivity contribution in [3.8, 4) is 0 Å². The topological polar surface area (TPSA) is 40.5 Å². The quantitative estimate of drug-likeness (QED) is 0.701. The third kappa shape index (κ3) is 3.92. The highest BCUT2D eigenvalue weighted by Gasteiger charge is 2.15. The number of hydrogen-bond acceptors (Lipinski definition) is 2. The fourth-order valence-electron chi connectivity index (χ4n) is 1.83. The Morgan fingerprint density at radius 2 is 2.07 bits per heavy atom. The minimum absolute atomic E-state index is 0.805. The van der Waals surface area contributed by atoms with E-state index in [0.717, 1.165) is 31.1 Å². The second-order valence-electron chi connectivity index (χ2n) is 4.29. The normalized spacial score (nSPS) is 21.1. The summed E-state index contributed by atoms with van der Waals surface area (Å²) in [7, 11) is 0. The molecule has 0 aliphatic carbocycles. The van der Waals surface area contributed by atoms with Gasteiger partial charge in [0.25, 0.3) is 0 Å². The Morgan fingerprint density at radius 1 is 1.50 bits per heavy atom. The molecule has 0 aromatic carbocycles. The SMILES string of the molecule is CC(=CC(=O)O)CN1CCC(C)CC1. The van der Waals surface area contributed by atoms with Crippen molar-refractivity contribution in [3.05, 3.63) is 11.6 Å². The maximum absolute atomic E-state index is 10.4. The van der Waals surface area contributed by atoms with Crippen LogP contribution in [-0.4, -0.2) is 35.6 Å². The first-order valence-corrected chi connectivity index (χ1v) is 5.20. The van der Waals surface area contributed by atoms with Gasteiger partial charge in [0.1, 0.15) is 0 Å². The lowest BCUT2D eigenvalue weighted by molar-refractivity contribution is -0.131. The third-order valence-corrected chi connectivity index (χ3v) is 2.72. The average molecular weight is 197 g/mol. The zero-order valence-electron chi connectivity index (χ0n) is 8.99. The Balaban J connectivity index is 2.34. The van der Waals surface area contributed by atoms with Gasteiger partial charge < -0.3 is 5.11 Å². The summed E-state index contributed by atoms with van der Waals surface area (Å²) in [6.45, 7) is 7.17. The van der Waals surface area contributed by atoms with Gasteiger partial charge in [0.15, 0.2) is 0 Å². The second kappa shape index (κ2) is 5.15. The van der Waals surface area contributed by atoms with Crippen LogP contribution in [0.15, 0.2) is 11.6 Å². The molecule has 1 aliphatic heterocycles. The molecule has 1 N–H and O–H groups in total. The zero-order valence-corrected chi connectivity index (χ0v) is 8.99. The predicted molar refractivity (Wildman–Crippen MR) is 56.2 cm³/mol. The summed E-state index contributed by atoms with van der Waals surface area (Å²) in [6, 6.07) is 0. The van der Waals surface area contributed by atoms with Crippen LogP contribution in [0.1, 0.15) is 26.7 Å². The van der Waals surface area contributed by atoms with E-state index in [1.54, 1.807) is 0 Å². The van der Waals surface area contributed by atoms with Crippen LogP contribution in [0.4, 0.5) is 0 Å². The van der Waals surface area contributed by atoms with Crippen molar-refractivity contribution in [2.24, 2.45) is 5.92 Å². The molecule has 0 aromatic heterocycles. The summed E-state index contributed by atoms with van der Waals surface area (Å²) < 4.78 is 0. The maximum atomic E-state index is 10.4. The first kappa shape index (κ1) is 11.2. The monoisotopic (exact) mass is 197 g/mol. The van der Waals surface area contributed by atoms with E-state index in [9.17, 15) is 4.79 Å². The van der Waals surface area contributed by atoms with E-state index >= 15 is 0 Å². The molecule has 3 nitrogen and oxygen atoms in total. The van der Waals surface area contributed by atoms with Crippen molar-refractivity contribution in [3.63, 3.8) is 0 Å². The molecule has 3 heteroatoms. The van der Waals surface area contributed by atoms with E-state index < -0.39 is 5.97 Å². The Morgan fingerprint density at radius 3 is 2.57 bits per heavy atom. The van der Waals surface area contributed by atoms with Crippen molar-refractivity contribution in [1.82, 2.24) is 4.90 Å². The molecule has 80 valence electrons. The van der Waals surface area contributed by atoms with Gasteiger partial charge in [-0.3, -0.25) is 4.90 Å². The summed E-state index contributed by atoms with van der Waals surface area (Å²) in [6.07, 6.45) is 3.78. The van der Waals surface area contributed by atoms with Crippen molar-refractivity contribution in [2.75, 3.05) is 19.6 Å². The Labute approximate surface area is 85.4 Å². The van der Waals surface area contributed by atoms with Crippen LogP contribution < -0.4 is 0 Å². The van der Waals surface area contributed by atoms with Gasteiger partial charge in [0.05, 0.1) is 0 Å². The Kier molecular flexibility index (Phi) is 4.14. The van der Waals surface area contributed by atoms with Crippen LogP contribution in [0, 0.1) is 5.92 Å². The number of nitrogens with zero attached hydrogens (tertiary/aromatic N) is 1. The van der Waals surface area contributed by atoms with Gasteiger partial charge in [0, 0.05) is 12.6 Å². The summed E-state index contributed by atoms with van der Waals surface area (Å²) in [5, 5.41) is 8.56. The molecule has 0 radical (unpaired) electrons. The Bertz CT molecular complexity index is 227. The van der Waals surface area contributed by atoms with Gasteiger partial charge in [-0.1, -0.05) is 12.5 Å². The standard InChI is InChI=1S/C11H19NO2/c1-9-3-5-12(6-4-9)8-10(2)7-11(13)14/h7,9H,3-6,8H2,1-2H3,(H,13,14). The highest BCUT2D eigenvalue weighted by Crippen LogP contribution is 2.16. The van der Waals surface area contributed by atoms with Gasteiger partial charge in [0.2, 0.25) is 0 Å². The fraction of sp³-hybridized carbons (Fsp3) is 0.727. The molecule has 0 atom stereocenters. The van der Waals surface area contributed by atoms with Gasteiger partial charge >= 0.3 is 5.97 Å². The molecule has 1 heterocycles. The molecule has 0 saturated carbocycles. The van der Waals surface area contributed by atoms with E-state index in [1.807, 2.05) is 6.92 Å². The number of piperidine rings is 1. The predicted octanol–water partition coefficient (Wildman–Crippen LogP) is 1.75. The fourth-order valence-corrected chi connectivity index (χ4v) is 1.83. The van der Waals surface area contributed by atoms with E-state index in [4.69, 9.17) is 5.11 Å². The molecular formula is C11H19NO2. The first-order valence-electron chi connectivity index (χ1n) is 5.20. The lowest BCUT2D eigenvalue weighted by Gasteiger charge is -2.30. The lowest BCUT2D eigenvalue weighted by Crippen LogP contribution is -2.34. The minimum Gasteiger partial charge on any atom is -0.478 e. The van der Waals surface area contributed by atoms with E-state index in [0.29, 0.717) is 0 Å². The highest BCUT2D eigenvalue weighted by atomic mass is 16.4. The van der Waals surface area contributed by atoms with E-state index in [-0.39, 0.29) is 0 Å². The van der Waals surface area contributed by atoms with Crippen LogP contribution in [0.2, 0.25) is 0 Å². The van der Waals surface area contributed by atoms with Crippen LogP contribution >= 0.6 is 0 Å². The van der Waals surface area contributed by atoms with Crippen molar-refractivity contribution < 1.29 is 9.90 Å². The highest BCUT2D eigenvalue weighted by molar-refractivity contribution is 5.80. The Hall–Kier alpha value is -0.830. The van der Waals surface area contributed by atoms with Crippen molar-refractivity contribution in [1.29, 1.82) is 0 Å². The molecule has 0 spiro atoms. The van der Waals surface area contributed by atoms with Crippen LogP contribution in [0.25, 0.3) is 0 Å². The zero-order chi connectivity index (χ0) is 10.6. The third-order valence-electron chi connectivity index (χ3n) is 2.72. The number of carbonyl (C=O) groups is 1. The summed E-state index contributed by atoms with van der Waals surface area (Å²) in [5.74, 6) is -0.0112. The van der Waals surface area contributed by atoms with Crippen molar-refractivity contribution in [2.45, 2.75) is 26.7 Å². The summed E-state index contributed by atoms with van der Waals surface area (Å²) in [4.78, 5) is 12.7. The smallest absolute Gasteiger partial charge is 0.328 e. The number of carboxylic acids is 1. The molecular weight excluding hydrogens is 178 g/mol. The molecule has 0 unspecified atom stereocenters. The minimum atomic E-state index is -0.840. The molecule has 0 aromatic rings. The van der Waals surface area contributed by atoms with E-state index in [2.05, 4.69) is 11.8 Å². The lowest BCUT2D eigenvalue weighted by atomic mass is 9.99. The molecule has 1 saturated heterocycles. The van der Waals surface area contributed by atoms with Crippen molar-refractivity contribution >= 4 is 5.97 Å². The molecule has 0 bridgehead atoms. The molecule has 14 heavy (non-hydrogen) atoms. The molecule has 1 aliphatic rings. The average Bonchev–Trinajstić information content (AvgIpc) is 2.07.